The molecule has 6 nitrogen and oxygen atoms in total. The molecular formula is C24H28FN5O. The minimum atomic E-state index is -0.415. The van der Waals surface area contributed by atoms with E-state index in [0.29, 0.717) is 5.56 Å². The molecule has 1 atom stereocenters. The van der Waals surface area contributed by atoms with Crippen molar-refractivity contribution in [1.82, 2.24) is 24.8 Å². The summed E-state index contributed by atoms with van der Waals surface area (Å²) in [5.41, 5.74) is 2.39. The third kappa shape index (κ3) is 5.17. The summed E-state index contributed by atoms with van der Waals surface area (Å²) in [5.74, 6) is -0.425. The molecule has 0 radical (unpaired) electrons. The van der Waals surface area contributed by atoms with Crippen LogP contribution in [-0.4, -0.2) is 38.4 Å². The second-order valence-electron chi connectivity index (χ2n) is 8.00. The maximum Gasteiger partial charge on any atom is 0.251 e. The number of hydrogen-bond acceptors (Lipinski definition) is 4. The summed E-state index contributed by atoms with van der Waals surface area (Å²) in [4.78, 5) is 24.0. The van der Waals surface area contributed by atoms with Crippen molar-refractivity contribution >= 4 is 5.91 Å². The molecule has 1 saturated heterocycles. The lowest BCUT2D eigenvalue weighted by atomic mass is 9.87. The third-order valence-electron chi connectivity index (χ3n) is 6.01. The number of hydrogen-bond donors (Lipinski definition) is 1. The number of benzene rings is 1. The van der Waals surface area contributed by atoms with E-state index in [9.17, 15) is 9.18 Å². The Kier molecular flexibility index (Phi) is 6.72. The fourth-order valence-corrected chi connectivity index (χ4v) is 4.29. The van der Waals surface area contributed by atoms with Crippen molar-refractivity contribution in [2.45, 2.75) is 38.9 Å². The van der Waals surface area contributed by atoms with Crippen LogP contribution in [0.25, 0.3) is 0 Å². The summed E-state index contributed by atoms with van der Waals surface area (Å²) in [6.07, 6.45) is 7.46. The molecule has 1 N–H and O–H groups in total. The zero-order valence-corrected chi connectivity index (χ0v) is 17.7. The number of nitrogens with zero attached hydrogens (tertiary/aromatic N) is 4. The van der Waals surface area contributed by atoms with Crippen LogP contribution < -0.4 is 5.32 Å². The minimum absolute atomic E-state index is 0.208. The number of carbonyl (C=O) groups excluding carboxylic acids is 1. The van der Waals surface area contributed by atoms with Gasteiger partial charge in [0.15, 0.2) is 0 Å². The molecular weight excluding hydrogens is 393 g/mol. The van der Waals surface area contributed by atoms with Gasteiger partial charge in [0.25, 0.3) is 5.91 Å². The van der Waals surface area contributed by atoms with Crippen molar-refractivity contribution in [1.29, 1.82) is 0 Å². The van der Waals surface area contributed by atoms with E-state index >= 15 is 0 Å². The highest BCUT2D eigenvalue weighted by Crippen LogP contribution is 2.31. The molecule has 0 aliphatic carbocycles. The molecule has 2 aromatic heterocycles. The number of piperidine rings is 1. The smallest absolute Gasteiger partial charge is 0.251 e. The van der Waals surface area contributed by atoms with Gasteiger partial charge in [0.05, 0.1) is 23.8 Å². The quantitative estimate of drug-likeness (QED) is 0.630. The second kappa shape index (κ2) is 9.83. The van der Waals surface area contributed by atoms with Crippen LogP contribution in [0.4, 0.5) is 4.39 Å². The van der Waals surface area contributed by atoms with E-state index in [4.69, 9.17) is 0 Å². The van der Waals surface area contributed by atoms with Crippen LogP contribution in [0.1, 0.15) is 47.6 Å². The van der Waals surface area contributed by atoms with Gasteiger partial charge in [-0.2, -0.15) is 0 Å². The summed E-state index contributed by atoms with van der Waals surface area (Å²) < 4.78 is 15.8. The normalized spacial score (nSPS) is 16.2. The van der Waals surface area contributed by atoms with Gasteiger partial charge in [0, 0.05) is 31.0 Å². The number of likely N-dealkylation sites (tertiary alicyclic amines) is 1. The molecule has 1 aliphatic rings. The Morgan fingerprint density at radius 1 is 1.23 bits per heavy atom. The zero-order valence-electron chi connectivity index (χ0n) is 17.7. The number of imidazole rings is 1. The van der Waals surface area contributed by atoms with E-state index < -0.39 is 5.82 Å². The molecule has 7 heteroatoms. The fourth-order valence-electron chi connectivity index (χ4n) is 4.29. The monoisotopic (exact) mass is 421 g/mol. The molecule has 1 amide bonds. The topological polar surface area (TPSA) is 63.1 Å². The molecule has 3 aromatic rings. The Balaban J connectivity index is 1.45. The molecule has 1 aromatic carbocycles. The van der Waals surface area contributed by atoms with Gasteiger partial charge in [-0.3, -0.25) is 14.7 Å². The van der Waals surface area contributed by atoms with E-state index in [2.05, 4.69) is 31.7 Å². The van der Waals surface area contributed by atoms with Crippen LogP contribution in [0.3, 0.4) is 0 Å². The molecule has 31 heavy (non-hydrogen) atoms. The van der Waals surface area contributed by atoms with Crippen molar-refractivity contribution in [3.8, 4) is 0 Å². The summed E-state index contributed by atoms with van der Waals surface area (Å²) >= 11 is 0. The standard InChI is InChI=1S/C24H28FN5O/c1-2-30-17-26-15-21(30)16-29-12-9-18(10-13-29)23(22-8-3-4-11-27-22)28-24(31)19-6-5-7-20(25)14-19/h3-8,11,14-15,17-18,23H,2,9-10,12-13,16H2,1H3,(H,28,31)/t23-/m1/s1. The first kappa shape index (κ1) is 21.2. The van der Waals surface area contributed by atoms with Crippen molar-refractivity contribution in [3.63, 3.8) is 0 Å². The lowest BCUT2D eigenvalue weighted by molar-refractivity contribution is 0.0887. The maximum absolute atomic E-state index is 13.6. The van der Waals surface area contributed by atoms with Gasteiger partial charge >= 0.3 is 0 Å². The van der Waals surface area contributed by atoms with Crippen molar-refractivity contribution in [2.24, 2.45) is 5.92 Å². The molecule has 1 aliphatic heterocycles. The number of carbonyl (C=O) groups is 1. The van der Waals surface area contributed by atoms with Crippen LogP contribution in [0.15, 0.2) is 61.2 Å². The highest BCUT2D eigenvalue weighted by atomic mass is 19.1. The lowest BCUT2D eigenvalue weighted by Crippen LogP contribution is -2.41. The molecule has 0 unspecified atom stereocenters. The van der Waals surface area contributed by atoms with Gasteiger partial charge in [-0.15, -0.1) is 0 Å². The molecule has 0 bridgehead atoms. The van der Waals surface area contributed by atoms with E-state index in [1.165, 1.54) is 17.8 Å². The summed E-state index contributed by atoms with van der Waals surface area (Å²) in [6.45, 7) is 5.80. The predicted molar refractivity (Wildman–Crippen MR) is 117 cm³/mol. The number of rotatable bonds is 7. The molecule has 0 saturated carbocycles. The lowest BCUT2D eigenvalue weighted by Gasteiger charge is -2.36. The van der Waals surface area contributed by atoms with Gasteiger partial charge in [-0.1, -0.05) is 12.1 Å². The first-order valence-electron chi connectivity index (χ1n) is 10.8. The first-order chi connectivity index (χ1) is 15.1. The zero-order chi connectivity index (χ0) is 21.6. The second-order valence-corrected chi connectivity index (χ2v) is 8.00. The average molecular weight is 422 g/mol. The van der Waals surface area contributed by atoms with E-state index in [1.807, 2.05) is 30.7 Å². The SMILES string of the molecule is CCn1cncc1CN1CCC([C@@H](NC(=O)c2cccc(F)c2)c2ccccn2)CC1. The predicted octanol–water partition coefficient (Wildman–Crippen LogP) is 3.82. The molecule has 1 fully saturated rings. The average Bonchev–Trinajstić information content (AvgIpc) is 3.25. The Morgan fingerprint density at radius 3 is 2.77 bits per heavy atom. The first-order valence-corrected chi connectivity index (χ1v) is 10.8. The van der Waals surface area contributed by atoms with Crippen LogP contribution in [0, 0.1) is 11.7 Å². The van der Waals surface area contributed by atoms with Gasteiger partial charge < -0.3 is 9.88 Å². The molecule has 0 spiro atoms. The highest BCUT2D eigenvalue weighted by molar-refractivity contribution is 5.94. The maximum atomic E-state index is 13.6. The number of aromatic nitrogens is 3. The van der Waals surface area contributed by atoms with E-state index in [1.54, 1.807) is 18.3 Å². The Hall–Kier alpha value is -3.06. The number of nitrogens with one attached hydrogen (secondary N) is 1. The largest absolute Gasteiger partial charge is 0.343 e. The van der Waals surface area contributed by atoms with E-state index in [0.717, 1.165) is 44.7 Å². The van der Waals surface area contributed by atoms with Crippen LogP contribution in [-0.2, 0) is 13.1 Å². The number of pyridine rings is 1. The Bertz CT molecular complexity index is 998. The van der Waals surface area contributed by atoms with Gasteiger partial charge in [-0.05, 0) is 69.1 Å². The van der Waals surface area contributed by atoms with Crippen LogP contribution in [0.2, 0.25) is 0 Å². The highest BCUT2D eigenvalue weighted by Gasteiger charge is 2.30. The third-order valence-corrected chi connectivity index (χ3v) is 6.01. The summed E-state index contributed by atoms with van der Waals surface area (Å²) in [5, 5.41) is 3.12. The molecule has 3 heterocycles. The van der Waals surface area contributed by atoms with Crippen LogP contribution in [0.5, 0.6) is 0 Å². The van der Waals surface area contributed by atoms with Gasteiger partial charge in [0.1, 0.15) is 5.82 Å². The van der Waals surface area contributed by atoms with Crippen molar-refractivity contribution in [3.05, 3.63) is 84.0 Å². The molecule has 162 valence electrons. The van der Waals surface area contributed by atoms with E-state index in [-0.39, 0.29) is 17.9 Å². The van der Waals surface area contributed by atoms with Crippen molar-refractivity contribution < 1.29 is 9.18 Å². The Labute approximate surface area is 182 Å². The minimum Gasteiger partial charge on any atom is -0.343 e. The molecule has 4 rings (SSSR count). The number of amides is 1. The van der Waals surface area contributed by atoms with Gasteiger partial charge in [0.2, 0.25) is 0 Å². The fraction of sp³-hybridized carbons (Fsp3) is 0.375. The van der Waals surface area contributed by atoms with Gasteiger partial charge in [-0.25, -0.2) is 9.37 Å². The summed E-state index contributed by atoms with van der Waals surface area (Å²) in [6, 6.07) is 11.3. The van der Waals surface area contributed by atoms with Crippen molar-refractivity contribution in [2.75, 3.05) is 13.1 Å². The Morgan fingerprint density at radius 2 is 2.06 bits per heavy atom. The number of halogens is 1. The number of aryl methyl sites for hydroxylation is 1. The summed E-state index contributed by atoms with van der Waals surface area (Å²) in [7, 11) is 0. The van der Waals surface area contributed by atoms with Crippen LogP contribution >= 0.6 is 0 Å².